The van der Waals surface area contributed by atoms with Crippen LogP contribution >= 0.6 is 22.9 Å². The van der Waals surface area contributed by atoms with Crippen LogP contribution < -0.4 is 0 Å². The molecule has 0 aliphatic rings. The van der Waals surface area contributed by atoms with Crippen LogP contribution in [0.25, 0.3) is 0 Å². The van der Waals surface area contributed by atoms with Gasteiger partial charge in [-0.1, -0.05) is 18.5 Å². The maximum absolute atomic E-state index is 8.49. The fourth-order valence-corrected chi connectivity index (χ4v) is 2.21. The molecule has 0 amide bonds. The SMILES string of the molecule is CCC(=NC#N)N(C)Cc1cnc(Cl)s1. The van der Waals surface area contributed by atoms with Crippen molar-refractivity contribution in [2.24, 2.45) is 4.99 Å². The summed E-state index contributed by atoms with van der Waals surface area (Å²) in [6.45, 7) is 2.64. The number of hydrogen-bond donors (Lipinski definition) is 0. The number of rotatable bonds is 3. The maximum Gasteiger partial charge on any atom is 0.207 e. The van der Waals surface area contributed by atoms with Crippen molar-refractivity contribution in [1.29, 1.82) is 5.26 Å². The highest BCUT2D eigenvalue weighted by Gasteiger charge is 2.07. The number of aliphatic imine (C=N–C) groups is 1. The molecule has 0 fully saturated rings. The van der Waals surface area contributed by atoms with E-state index < -0.39 is 0 Å². The molecule has 0 radical (unpaired) electrons. The van der Waals surface area contributed by atoms with Gasteiger partial charge < -0.3 is 4.90 Å². The van der Waals surface area contributed by atoms with Crippen LogP contribution in [0.1, 0.15) is 18.2 Å². The van der Waals surface area contributed by atoms with Gasteiger partial charge in [0.2, 0.25) is 6.19 Å². The summed E-state index contributed by atoms with van der Waals surface area (Å²) in [6.07, 6.45) is 4.27. The van der Waals surface area contributed by atoms with Crippen LogP contribution in [0.15, 0.2) is 11.2 Å². The number of amidine groups is 1. The number of aromatic nitrogens is 1. The zero-order valence-electron chi connectivity index (χ0n) is 8.57. The zero-order chi connectivity index (χ0) is 11.3. The number of nitriles is 1. The largest absolute Gasteiger partial charge is 0.357 e. The molecule has 15 heavy (non-hydrogen) atoms. The van der Waals surface area contributed by atoms with Crippen molar-refractivity contribution in [3.05, 3.63) is 15.5 Å². The molecule has 0 saturated heterocycles. The molecule has 1 heterocycles. The summed E-state index contributed by atoms with van der Waals surface area (Å²) >= 11 is 7.16. The van der Waals surface area contributed by atoms with Gasteiger partial charge in [-0.2, -0.15) is 10.3 Å². The van der Waals surface area contributed by atoms with Gasteiger partial charge in [-0.3, -0.25) is 0 Å². The predicted octanol–water partition coefficient (Wildman–Crippen LogP) is 2.52. The van der Waals surface area contributed by atoms with Gasteiger partial charge in [0.15, 0.2) is 4.47 Å². The van der Waals surface area contributed by atoms with E-state index in [4.69, 9.17) is 16.9 Å². The van der Waals surface area contributed by atoms with Crippen LogP contribution in [0, 0.1) is 11.5 Å². The quantitative estimate of drug-likeness (QED) is 0.465. The molecule has 0 bridgehead atoms. The van der Waals surface area contributed by atoms with Crippen molar-refractivity contribution in [1.82, 2.24) is 9.88 Å². The summed E-state index contributed by atoms with van der Waals surface area (Å²) in [5, 5.41) is 8.49. The molecule has 1 aromatic heterocycles. The molecule has 0 aliphatic carbocycles. The Bertz CT molecular complexity index is 393. The minimum Gasteiger partial charge on any atom is -0.357 e. The van der Waals surface area contributed by atoms with E-state index in [9.17, 15) is 0 Å². The van der Waals surface area contributed by atoms with Crippen molar-refractivity contribution in [3.8, 4) is 6.19 Å². The Morgan fingerprint density at radius 2 is 2.53 bits per heavy atom. The van der Waals surface area contributed by atoms with E-state index >= 15 is 0 Å². The smallest absolute Gasteiger partial charge is 0.207 e. The third kappa shape index (κ3) is 3.50. The second-order valence-corrected chi connectivity index (χ2v) is 4.61. The minimum atomic E-state index is 0.536. The van der Waals surface area contributed by atoms with E-state index in [-0.39, 0.29) is 0 Å². The number of halogens is 1. The molecule has 0 aromatic carbocycles. The monoisotopic (exact) mass is 242 g/mol. The lowest BCUT2D eigenvalue weighted by atomic mass is 10.4. The zero-order valence-corrected chi connectivity index (χ0v) is 10.1. The second kappa shape index (κ2) is 5.69. The van der Waals surface area contributed by atoms with E-state index in [2.05, 4.69) is 9.98 Å². The van der Waals surface area contributed by atoms with E-state index in [1.165, 1.54) is 11.3 Å². The van der Waals surface area contributed by atoms with Crippen molar-refractivity contribution >= 4 is 28.8 Å². The van der Waals surface area contributed by atoms with Gasteiger partial charge in [0.1, 0.15) is 5.84 Å². The standard InChI is InChI=1S/C9H11ClN4S/c1-3-8(13-6-11)14(2)5-7-4-12-9(10)15-7/h4H,3,5H2,1-2H3. The lowest BCUT2D eigenvalue weighted by molar-refractivity contribution is 0.495. The summed E-state index contributed by atoms with van der Waals surface area (Å²) in [5.74, 6) is 0.766. The van der Waals surface area contributed by atoms with Gasteiger partial charge in [-0.25, -0.2) is 4.98 Å². The normalized spacial score (nSPS) is 11.2. The van der Waals surface area contributed by atoms with E-state index in [0.717, 1.165) is 17.1 Å². The Labute approximate surface area is 97.8 Å². The molecule has 4 nitrogen and oxygen atoms in total. The van der Waals surface area contributed by atoms with E-state index in [0.29, 0.717) is 11.0 Å². The summed E-state index contributed by atoms with van der Waals surface area (Å²) in [4.78, 5) is 10.7. The first-order valence-corrected chi connectivity index (χ1v) is 5.63. The Hall–Kier alpha value is -1.12. The molecule has 0 atom stereocenters. The molecule has 0 aliphatic heterocycles. The van der Waals surface area contributed by atoms with Crippen LogP contribution in [0.2, 0.25) is 4.47 Å². The van der Waals surface area contributed by atoms with Gasteiger partial charge in [0.05, 0.1) is 6.54 Å². The number of nitrogens with zero attached hydrogens (tertiary/aromatic N) is 4. The molecule has 1 aromatic rings. The average molecular weight is 243 g/mol. The van der Waals surface area contributed by atoms with E-state index in [1.54, 1.807) is 12.4 Å². The molecule has 0 spiro atoms. The topological polar surface area (TPSA) is 52.3 Å². The predicted molar refractivity (Wildman–Crippen MR) is 61.9 cm³/mol. The van der Waals surface area contributed by atoms with Crippen molar-refractivity contribution < 1.29 is 0 Å². The Balaban J connectivity index is 2.66. The Kier molecular flexibility index (Phi) is 4.53. The molecule has 80 valence electrons. The molecule has 6 heteroatoms. The van der Waals surface area contributed by atoms with Crippen LogP contribution in [0.3, 0.4) is 0 Å². The second-order valence-electron chi connectivity index (χ2n) is 2.92. The average Bonchev–Trinajstić information content (AvgIpc) is 2.60. The van der Waals surface area contributed by atoms with Gasteiger partial charge in [0.25, 0.3) is 0 Å². The fourth-order valence-electron chi connectivity index (χ4n) is 1.17. The van der Waals surface area contributed by atoms with Crippen molar-refractivity contribution in [3.63, 3.8) is 0 Å². The first-order chi connectivity index (χ1) is 7.17. The first-order valence-electron chi connectivity index (χ1n) is 4.44. The highest BCUT2D eigenvalue weighted by atomic mass is 35.5. The van der Waals surface area contributed by atoms with Crippen molar-refractivity contribution in [2.75, 3.05) is 7.05 Å². The molecule has 1 rings (SSSR count). The van der Waals surface area contributed by atoms with Gasteiger partial charge in [-0.15, -0.1) is 11.3 Å². The summed E-state index contributed by atoms with van der Waals surface area (Å²) in [5.41, 5.74) is 0. The molecule has 0 N–H and O–H groups in total. The number of thiazole rings is 1. The van der Waals surface area contributed by atoms with Crippen LogP contribution in [-0.4, -0.2) is 22.8 Å². The summed E-state index contributed by atoms with van der Waals surface area (Å²) in [6, 6.07) is 0. The third-order valence-corrected chi connectivity index (χ3v) is 2.95. The minimum absolute atomic E-state index is 0.536. The summed E-state index contributed by atoms with van der Waals surface area (Å²) < 4.78 is 0.536. The lowest BCUT2D eigenvalue weighted by Gasteiger charge is -2.17. The molecule has 0 saturated carbocycles. The van der Waals surface area contributed by atoms with E-state index in [1.807, 2.05) is 18.9 Å². The van der Waals surface area contributed by atoms with Gasteiger partial charge in [-0.05, 0) is 0 Å². The highest BCUT2D eigenvalue weighted by molar-refractivity contribution is 7.15. The highest BCUT2D eigenvalue weighted by Crippen LogP contribution is 2.19. The first kappa shape index (κ1) is 12.0. The molecular formula is C9H11ClN4S. The van der Waals surface area contributed by atoms with Crippen LogP contribution in [0.4, 0.5) is 0 Å². The number of hydrogen-bond acceptors (Lipinski definition) is 4. The Morgan fingerprint density at radius 3 is 3.00 bits per heavy atom. The van der Waals surface area contributed by atoms with Crippen LogP contribution in [0.5, 0.6) is 0 Å². The van der Waals surface area contributed by atoms with Crippen LogP contribution in [-0.2, 0) is 6.54 Å². The molecular weight excluding hydrogens is 232 g/mol. The van der Waals surface area contributed by atoms with Crippen molar-refractivity contribution in [2.45, 2.75) is 19.9 Å². The fraction of sp³-hybridized carbons (Fsp3) is 0.444. The lowest BCUT2D eigenvalue weighted by Crippen LogP contribution is -2.24. The molecule has 0 unspecified atom stereocenters. The third-order valence-electron chi connectivity index (χ3n) is 1.85. The Morgan fingerprint density at radius 1 is 1.80 bits per heavy atom. The van der Waals surface area contributed by atoms with Gasteiger partial charge in [0, 0.05) is 24.5 Å². The van der Waals surface area contributed by atoms with Gasteiger partial charge >= 0.3 is 0 Å². The summed E-state index contributed by atoms with van der Waals surface area (Å²) in [7, 11) is 1.90. The maximum atomic E-state index is 8.49.